The van der Waals surface area contributed by atoms with Gasteiger partial charge in [0.05, 0.1) is 14.2 Å². The van der Waals surface area contributed by atoms with E-state index in [4.69, 9.17) is 8.83 Å². The van der Waals surface area contributed by atoms with E-state index in [0.717, 1.165) is 6.42 Å². The lowest BCUT2D eigenvalue weighted by Crippen LogP contribution is -2.12. The molecule has 0 saturated heterocycles. The Kier molecular flexibility index (Phi) is 5.40. The second kappa shape index (κ2) is 7.90. The number of hydrogen-bond donors (Lipinski definition) is 0. The molecule has 0 radical (unpaired) electrons. The summed E-state index contributed by atoms with van der Waals surface area (Å²) in [5, 5.41) is 0. The van der Waals surface area contributed by atoms with Crippen LogP contribution in [0.25, 0.3) is 12.2 Å². The number of carbonyl (C=O) groups is 3. The van der Waals surface area contributed by atoms with Gasteiger partial charge in [0.2, 0.25) is 11.5 Å². The largest absolute Gasteiger partial charge is 0.463 e. The number of ether oxygens (including phenoxy) is 2. The molecule has 2 aromatic heterocycles. The van der Waals surface area contributed by atoms with Crippen molar-refractivity contribution in [2.24, 2.45) is 0 Å². The number of hydrogen-bond acceptors (Lipinski definition) is 7. The summed E-state index contributed by atoms with van der Waals surface area (Å²) in [6.07, 6.45) is 5.26. The van der Waals surface area contributed by atoms with Gasteiger partial charge in [-0.3, -0.25) is 4.79 Å². The van der Waals surface area contributed by atoms with Gasteiger partial charge in [0, 0.05) is 11.1 Å². The predicted octanol–water partition coefficient (Wildman–Crippen LogP) is 3.67. The first-order valence-corrected chi connectivity index (χ1v) is 8.34. The molecule has 1 saturated carbocycles. The summed E-state index contributed by atoms with van der Waals surface area (Å²) >= 11 is 0. The van der Waals surface area contributed by atoms with E-state index in [9.17, 15) is 14.4 Å². The Morgan fingerprint density at radius 3 is 1.70 bits per heavy atom. The summed E-state index contributed by atoms with van der Waals surface area (Å²) < 4.78 is 20.0. The van der Waals surface area contributed by atoms with Crippen LogP contribution in [0.5, 0.6) is 0 Å². The number of Topliss-reactive ketones (excluding diaryl/α,β-unsaturated/α-hetero) is 1. The summed E-state index contributed by atoms with van der Waals surface area (Å²) in [5.41, 5.74) is 1.16. The van der Waals surface area contributed by atoms with Crippen LogP contribution in [0.2, 0.25) is 0 Å². The van der Waals surface area contributed by atoms with Crippen molar-refractivity contribution in [2.45, 2.75) is 19.3 Å². The summed E-state index contributed by atoms with van der Waals surface area (Å²) in [6.45, 7) is 0. The number of carbonyl (C=O) groups excluding carboxylic acids is 3. The van der Waals surface area contributed by atoms with Crippen molar-refractivity contribution in [1.29, 1.82) is 0 Å². The first-order chi connectivity index (χ1) is 13.0. The highest BCUT2D eigenvalue weighted by molar-refractivity contribution is 6.13. The fourth-order valence-corrected chi connectivity index (χ4v) is 2.80. The Balaban J connectivity index is 1.81. The average molecular weight is 370 g/mol. The molecule has 2 heterocycles. The second-order valence-corrected chi connectivity index (χ2v) is 5.91. The van der Waals surface area contributed by atoms with E-state index in [2.05, 4.69) is 9.47 Å². The van der Waals surface area contributed by atoms with Crippen LogP contribution in [0, 0.1) is 0 Å². The van der Waals surface area contributed by atoms with Crippen LogP contribution in [0.1, 0.15) is 51.9 Å². The van der Waals surface area contributed by atoms with Crippen molar-refractivity contribution in [3.05, 3.63) is 58.5 Å². The number of esters is 2. The Hall–Kier alpha value is -3.35. The number of methoxy groups -OCH3 is 2. The van der Waals surface area contributed by atoms with E-state index in [0.29, 0.717) is 35.5 Å². The second-order valence-electron chi connectivity index (χ2n) is 5.91. The Bertz CT molecular complexity index is 865. The summed E-state index contributed by atoms with van der Waals surface area (Å²) in [4.78, 5) is 35.6. The zero-order chi connectivity index (χ0) is 19.4. The third kappa shape index (κ3) is 4.08. The van der Waals surface area contributed by atoms with Crippen LogP contribution in [0.3, 0.4) is 0 Å². The van der Waals surface area contributed by atoms with Gasteiger partial charge in [0.25, 0.3) is 0 Å². The Labute approximate surface area is 155 Å². The Morgan fingerprint density at radius 1 is 0.852 bits per heavy atom. The maximum atomic E-state index is 12.7. The molecule has 0 aliphatic heterocycles. The van der Waals surface area contributed by atoms with Crippen LogP contribution in [-0.2, 0) is 14.3 Å². The molecular formula is C20H18O7. The zero-order valence-electron chi connectivity index (χ0n) is 14.9. The molecule has 2 aromatic rings. The number of rotatable bonds is 4. The molecule has 0 spiro atoms. The molecule has 0 aromatic carbocycles. The molecule has 7 nitrogen and oxygen atoms in total. The van der Waals surface area contributed by atoms with Gasteiger partial charge in [-0.2, -0.15) is 0 Å². The van der Waals surface area contributed by atoms with Crippen LogP contribution >= 0.6 is 0 Å². The van der Waals surface area contributed by atoms with Gasteiger partial charge >= 0.3 is 11.9 Å². The van der Waals surface area contributed by atoms with Gasteiger partial charge in [-0.15, -0.1) is 0 Å². The van der Waals surface area contributed by atoms with Gasteiger partial charge in [0.15, 0.2) is 5.78 Å². The fraction of sp³-hybridized carbons (Fsp3) is 0.250. The lowest BCUT2D eigenvalue weighted by molar-refractivity contribution is -0.112. The first kappa shape index (κ1) is 18.4. The van der Waals surface area contributed by atoms with Crippen molar-refractivity contribution in [3.8, 4) is 0 Å². The van der Waals surface area contributed by atoms with E-state index in [-0.39, 0.29) is 17.3 Å². The third-order valence-corrected chi connectivity index (χ3v) is 4.14. The van der Waals surface area contributed by atoms with Gasteiger partial charge < -0.3 is 18.3 Å². The van der Waals surface area contributed by atoms with E-state index >= 15 is 0 Å². The van der Waals surface area contributed by atoms with Crippen molar-refractivity contribution >= 4 is 29.9 Å². The zero-order valence-corrected chi connectivity index (χ0v) is 14.9. The minimum Gasteiger partial charge on any atom is -0.463 e. The number of furan rings is 2. The quantitative estimate of drug-likeness (QED) is 0.598. The molecule has 7 heteroatoms. The molecule has 0 unspecified atom stereocenters. The summed E-state index contributed by atoms with van der Waals surface area (Å²) in [7, 11) is 2.54. The van der Waals surface area contributed by atoms with Crippen LogP contribution in [0.15, 0.2) is 44.2 Å². The molecule has 0 bridgehead atoms. The molecule has 1 aliphatic rings. The lowest BCUT2D eigenvalue weighted by atomic mass is 9.88. The maximum Gasteiger partial charge on any atom is 0.373 e. The third-order valence-electron chi connectivity index (χ3n) is 4.14. The molecule has 0 atom stereocenters. The lowest BCUT2D eigenvalue weighted by Gasteiger charge is -2.15. The SMILES string of the molecule is COC(=O)c1ccc(/C=C2\CCC/C(=C\c3ccc(C(=O)OC)o3)C2=O)o1. The smallest absolute Gasteiger partial charge is 0.373 e. The molecule has 0 N–H and O–H groups in total. The highest BCUT2D eigenvalue weighted by atomic mass is 16.5. The number of ketones is 1. The normalized spacial score (nSPS) is 17.3. The Morgan fingerprint density at radius 2 is 1.30 bits per heavy atom. The van der Waals surface area contributed by atoms with Gasteiger partial charge in [-0.05, 0) is 55.7 Å². The maximum absolute atomic E-state index is 12.7. The number of allylic oxidation sites excluding steroid dienone is 2. The molecule has 3 rings (SSSR count). The summed E-state index contributed by atoms with van der Waals surface area (Å²) in [5.74, 6) is -0.294. The minimum absolute atomic E-state index is 0.0781. The van der Waals surface area contributed by atoms with E-state index in [1.165, 1.54) is 26.4 Å². The minimum atomic E-state index is -0.575. The van der Waals surface area contributed by atoms with Crippen molar-refractivity contribution in [1.82, 2.24) is 0 Å². The van der Waals surface area contributed by atoms with Crippen molar-refractivity contribution < 1.29 is 32.7 Å². The standard InChI is InChI=1S/C20H18O7/c1-24-19(22)16-8-6-14(26-16)10-12-4-3-5-13(18(12)21)11-15-7-9-17(27-15)20(23)25-2/h6-11H,3-5H2,1-2H3/b12-10+,13-11+. The molecular weight excluding hydrogens is 352 g/mol. The molecule has 140 valence electrons. The topological polar surface area (TPSA) is 96.0 Å². The monoisotopic (exact) mass is 370 g/mol. The van der Waals surface area contributed by atoms with E-state index in [1.54, 1.807) is 24.3 Å². The van der Waals surface area contributed by atoms with Crippen LogP contribution < -0.4 is 0 Å². The van der Waals surface area contributed by atoms with Crippen LogP contribution in [-0.4, -0.2) is 31.9 Å². The van der Waals surface area contributed by atoms with Gasteiger partial charge in [0.1, 0.15) is 11.5 Å². The molecule has 1 fully saturated rings. The highest BCUT2D eigenvalue weighted by Gasteiger charge is 2.22. The van der Waals surface area contributed by atoms with Crippen molar-refractivity contribution in [2.75, 3.05) is 14.2 Å². The van der Waals surface area contributed by atoms with E-state index in [1.807, 2.05) is 0 Å². The van der Waals surface area contributed by atoms with Crippen molar-refractivity contribution in [3.63, 3.8) is 0 Å². The fourth-order valence-electron chi connectivity index (χ4n) is 2.80. The molecule has 0 amide bonds. The van der Waals surface area contributed by atoms with E-state index < -0.39 is 11.9 Å². The van der Waals surface area contributed by atoms with Crippen LogP contribution in [0.4, 0.5) is 0 Å². The van der Waals surface area contributed by atoms with Gasteiger partial charge in [-0.25, -0.2) is 9.59 Å². The molecule has 27 heavy (non-hydrogen) atoms. The predicted molar refractivity (Wildman–Crippen MR) is 94.9 cm³/mol. The van der Waals surface area contributed by atoms with Gasteiger partial charge in [-0.1, -0.05) is 0 Å². The highest BCUT2D eigenvalue weighted by Crippen LogP contribution is 2.29. The average Bonchev–Trinajstić information content (AvgIpc) is 3.33. The molecule has 1 aliphatic carbocycles. The first-order valence-electron chi connectivity index (χ1n) is 8.34. The summed E-state index contributed by atoms with van der Waals surface area (Å²) in [6, 6.07) is 6.22.